The molecule has 0 aliphatic heterocycles. The van der Waals surface area contributed by atoms with Gasteiger partial charge in [0.15, 0.2) is 0 Å². The molecule has 2 N–H and O–H groups in total. The smallest absolute Gasteiger partial charge is 0.0432 e. The minimum atomic E-state index is -2.40. The summed E-state index contributed by atoms with van der Waals surface area (Å²) in [6.07, 6.45) is 0. The summed E-state index contributed by atoms with van der Waals surface area (Å²) in [5.74, 6) is 3.08. The van der Waals surface area contributed by atoms with Crippen molar-refractivity contribution in [2.75, 3.05) is 0 Å². The van der Waals surface area contributed by atoms with Gasteiger partial charge < -0.3 is 0 Å². The highest BCUT2D eigenvalue weighted by molar-refractivity contribution is 8.00. The van der Waals surface area contributed by atoms with E-state index in [1.165, 1.54) is 0 Å². The molecule has 0 saturated heterocycles. The van der Waals surface area contributed by atoms with E-state index in [0.29, 0.717) is 0 Å². The second-order valence-corrected chi connectivity index (χ2v) is 2.84. The summed E-state index contributed by atoms with van der Waals surface area (Å²) in [6, 6.07) is 0. The maximum absolute atomic E-state index is 10.1. The van der Waals surface area contributed by atoms with Gasteiger partial charge in [-0.25, -0.2) is 4.21 Å². The van der Waals surface area contributed by atoms with Crippen LogP contribution in [0.15, 0.2) is 12.0 Å². The van der Waals surface area contributed by atoms with Gasteiger partial charge in [0, 0.05) is 15.1 Å². The molecule has 1 unspecified atom stereocenters. The van der Waals surface area contributed by atoms with E-state index in [1.54, 1.807) is 0 Å². The average molecular weight is 105 g/mol. The van der Waals surface area contributed by atoms with Crippen LogP contribution in [0.25, 0.3) is 0 Å². The number of hydrogen-bond donors (Lipinski definition) is 1. The molecule has 0 heterocycles. The van der Waals surface area contributed by atoms with Gasteiger partial charge in [-0.3, -0.25) is 5.14 Å². The normalized spacial score (nSPS) is 18.8. The molecule has 0 bridgehead atoms. The van der Waals surface area contributed by atoms with Crippen LogP contribution in [0, 0.1) is 0 Å². The minimum Gasteiger partial charge on any atom is -0.256 e. The summed E-state index contributed by atoms with van der Waals surface area (Å²) >= 11 is 0. The van der Waals surface area contributed by atoms with Gasteiger partial charge in [0.25, 0.3) is 0 Å². The summed E-state index contributed by atoms with van der Waals surface area (Å²) in [4.78, 5) is 0. The van der Waals surface area contributed by atoms with Crippen molar-refractivity contribution in [2.45, 2.75) is 0 Å². The van der Waals surface area contributed by atoms with Gasteiger partial charge in [-0.1, -0.05) is 6.58 Å². The fourth-order valence-electron chi connectivity index (χ4n) is 0. The Hall–Kier alpha value is -0.280. The van der Waals surface area contributed by atoms with E-state index in [2.05, 4.69) is 12.4 Å². The Morgan fingerprint density at radius 1 is 1.83 bits per heavy atom. The quantitative estimate of drug-likeness (QED) is 0.458. The Morgan fingerprint density at radius 2 is 2.00 bits per heavy atom. The first kappa shape index (κ1) is 5.72. The zero-order chi connectivity index (χ0) is 5.21. The lowest BCUT2D eigenvalue weighted by Crippen LogP contribution is -2.05. The first-order valence-corrected chi connectivity index (χ1v) is 3.19. The van der Waals surface area contributed by atoms with Crippen LogP contribution in [0.1, 0.15) is 0 Å². The third-order valence-electron chi connectivity index (χ3n) is 0.282. The molecule has 0 aromatic heterocycles. The van der Waals surface area contributed by atoms with Crippen LogP contribution < -0.4 is 5.14 Å². The molecule has 0 aromatic carbocycles. The third-order valence-corrected chi connectivity index (χ3v) is 0.846. The van der Waals surface area contributed by atoms with Crippen molar-refractivity contribution in [3.63, 3.8) is 0 Å². The van der Waals surface area contributed by atoms with Gasteiger partial charge in [0.1, 0.15) is 0 Å². The molecule has 3 heteroatoms. The molecule has 0 rings (SSSR count). The van der Waals surface area contributed by atoms with E-state index in [0.717, 1.165) is 5.41 Å². The predicted molar refractivity (Wildman–Crippen MR) is 29.6 cm³/mol. The number of hydrogen-bond acceptors (Lipinski definition) is 1. The largest absolute Gasteiger partial charge is 0.256 e. The number of rotatable bonds is 1. The number of nitrogens with two attached hydrogens (primary N) is 1. The molecule has 0 aliphatic carbocycles. The first-order valence-electron chi connectivity index (χ1n) is 1.33. The van der Waals surface area contributed by atoms with E-state index in [1.807, 2.05) is 0 Å². The maximum atomic E-state index is 10.1. The van der Waals surface area contributed by atoms with Crippen molar-refractivity contribution < 1.29 is 4.21 Å². The molecule has 0 aromatic rings. The molecule has 0 saturated carbocycles. The molecule has 0 spiro atoms. The molecule has 36 valence electrons. The van der Waals surface area contributed by atoms with E-state index in [9.17, 15) is 4.21 Å². The van der Waals surface area contributed by atoms with Crippen LogP contribution in [0.2, 0.25) is 0 Å². The van der Waals surface area contributed by atoms with Gasteiger partial charge in [0.05, 0.1) is 0 Å². The lowest BCUT2D eigenvalue weighted by atomic mass is 11.3. The maximum Gasteiger partial charge on any atom is 0.0432 e. The van der Waals surface area contributed by atoms with Crippen molar-refractivity contribution in [3.8, 4) is 0 Å². The SMILES string of the molecule is C=CS(=C)(N)=O. The van der Waals surface area contributed by atoms with Crippen molar-refractivity contribution in [1.29, 1.82) is 0 Å². The van der Waals surface area contributed by atoms with Gasteiger partial charge in [-0.05, 0) is 5.87 Å². The van der Waals surface area contributed by atoms with Crippen LogP contribution >= 0.6 is 0 Å². The topological polar surface area (TPSA) is 43.1 Å². The zero-order valence-electron chi connectivity index (χ0n) is 3.39. The standard InChI is InChI=1S/C3H7NOS/c1-3-6(2,4)5/h3H,1-2H2,(H2,4,5). The van der Waals surface area contributed by atoms with Crippen molar-refractivity contribution >= 4 is 15.6 Å². The van der Waals surface area contributed by atoms with Crippen molar-refractivity contribution in [2.24, 2.45) is 5.14 Å². The van der Waals surface area contributed by atoms with E-state index < -0.39 is 9.71 Å². The fourth-order valence-corrected chi connectivity index (χ4v) is 0. The van der Waals surface area contributed by atoms with Crippen LogP contribution in [0.4, 0.5) is 0 Å². The molecule has 1 atom stereocenters. The fraction of sp³-hybridized carbons (Fsp3) is 0. The second kappa shape index (κ2) is 1.45. The molecule has 0 aliphatic rings. The van der Waals surface area contributed by atoms with Crippen molar-refractivity contribution in [1.82, 2.24) is 0 Å². The van der Waals surface area contributed by atoms with Gasteiger partial charge in [0.2, 0.25) is 0 Å². The van der Waals surface area contributed by atoms with Crippen LogP contribution in [0.3, 0.4) is 0 Å². The monoisotopic (exact) mass is 105 g/mol. The van der Waals surface area contributed by atoms with Gasteiger partial charge >= 0.3 is 0 Å². The molecule has 2 nitrogen and oxygen atoms in total. The van der Waals surface area contributed by atoms with Crippen molar-refractivity contribution in [3.05, 3.63) is 12.0 Å². The Labute approximate surface area is 37.8 Å². The molecule has 0 radical (unpaired) electrons. The Balaban J connectivity index is 4.25. The van der Waals surface area contributed by atoms with Gasteiger partial charge in [-0.15, -0.1) is 0 Å². The highest BCUT2D eigenvalue weighted by Gasteiger charge is 1.75. The second-order valence-electron chi connectivity index (χ2n) is 0.946. The van der Waals surface area contributed by atoms with E-state index in [-0.39, 0.29) is 0 Å². The Morgan fingerprint density at radius 3 is 2.00 bits per heavy atom. The van der Waals surface area contributed by atoms with Gasteiger partial charge in [-0.2, -0.15) is 0 Å². The summed E-state index contributed by atoms with van der Waals surface area (Å²) < 4.78 is 10.1. The molecule has 6 heavy (non-hydrogen) atoms. The predicted octanol–water partition coefficient (Wildman–Crippen LogP) is -0.280. The van der Waals surface area contributed by atoms with Crippen LogP contribution in [0.5, 0.6) is 0 Å². The highest BCUT2D eigenvalue weighted by Crippen LogP contribution is 1.69. The Kier molecular flexibility index (Phi) is 1.38. The summed E-state index contributed by atoms with van der Waals surface area (Å²) in [5, 5.41) is 5.97. The highest BCUT2D eigenvalue weighted by atomic mass is 32.2. The van der Waals surface area contributed by atoms with E-state index >= 15 is 0 Å². The molecule has 0 amide bonds. The third kappa shape index (κ3) is 3.72. The minimum absolute atomic E-state index is 1.13. The zero-order valence-corrected chi connectivity index (χ0v) is 4.20. The van der Waals surface area contributed by atoms with E-state index in [4.69, 9.17) is 5.14 Å². The van der Waals surface area contributed by atoms with Crippen LogP contribution in [-0.4, -0.2) is 10.1 Å². The lowest BCUT2D eigenvalue weighted by molar-refractivity contribution is 0.688. The first-order chi connectivity index (χ1) is 2.56. The Bertz CT molecular complexity index is 121. The molecular formula is C3H7NOS. The molecular weight excluding hydrogens is 98.1 g/mol. The van der Waals surface area contributed by atoms with Crippen LogP contribution in [-0.2, 0) is 9.71 Å². The molecule has 0 fully saturated rings. The lowest BCUT2D eigenvalue weighted by Gasteiger charge is -1.83. The summed E-state index contributed by atoms with van der Waals surface area (Å²) in [6.45, 7) is 3.17. The average Bonchev–Trinajstić information content (AvgIpc) is 1.35. The summed E-state index contributed by atoms with van der Waals surface area (Å²) in [5.41, 5.74) is 0. The summed E-state index contributed by atoms with van der Waals surface area (Å²) in [7, 11) is -2.40.